The molecule has 0 radical (unpaired) electrons. The van der Waals surface area contributed by atoms with E-state index in [1.54, 1.807) is 0 Å². The topological polar surface area (TPSA) is 8.17 Å². The maximum absolute atomic E-state index is 2.43. The predicted molar refractivity (Wildman–Crippen MR) is 227 cm³/mol. The van der Waals surface area contributed by atoms with E-state index in [1.165, 1.54) is 73.3 Å². The van der Waals surface area contributed by atoms with Gasteiger partial charge in [-0.2, -0.15) is 0 Å². The van der Waals surface area contributed by atoms with E-state index in [0.29, 0.717) is 0 Å². The zero-order valence-corrected chi connectivity index (χ0v) is 29.7. The van der Waals surface area contributed by atoms with Gasteiger partial charge >= 0.3 is 0 Å². The lowest BCUT2D eigenvalue weighted by molar-refractivity contribution is 1.17. The Hall–Kier alpha value is -6.20. The molecular formula is C48H30N2S2. The third kappa shape index (κ3) is 4.55. The fourth-order valence-corrected chi connectivity index (χ4v) is 10.4. The first-order valence-electron chi connectivity index (χ1n) is 17.6. The number of anilines is 3. The number of aromatic nitrogens is 1. The molecule has 0 N–H and O–H groups in total. The molecule has 3 aromatic heterocycles. The Bertz CT molecular complexity index is 3110. The van der Waals surface area contributed by atoms with Gasteiger partial charge in [-0.25, -0.2) is 0 Å². The molecule has 0 aliphatic heterocycles. The summed E-state index contributed by atoms with van der Waals surface area (Å²) in [5.41, 5.74) is 9.46. The Morgan fingerprint density at radius 3 is 1.73 bits per heavy atom. The summed E-state index contributed by atoms with van der Waals surface area (Å²) >= 11 is 3.75. The average molecular weight is 699 g/mol. The average Bonchev–Trinajstić information content (AvgIpc) is 3.87. The Kier molecular flexibility index (Phi) is 6.63. The first kappa shape index (κ1) is 29.5. The van der Waals surface area contributed by atoms with Crippen LogP contribution in [-0.2, 0) is 0 Å². The number of para-hydroxylation sites is 2. The lowest BCUT2D eigenvalue weighted by atomic mass is 10.0. The molecule has 11 aromatic rings. The molecule has 0 fully saturated rings. The summed E-state index contributed by atoms with van der Waals surface area (Å²) in [5.74, 6) is 0. The number of benzene rings is 8. The minimum absolute atomic E-state index is 1.11. The largest absolute Gasteiger partial charge is 0.311 e. The van der Waals surface area contributed by atoms with Crippen molar-refractivity contribution in [1.82, 2.24) is 4.57 Å². The van der Waals surface area contributed by atoms with Crippen molar-refractivity contribution in [2.24, 2.45) is 0 Å². The fraction of sp³-hybridized carbons (Fsp3) is 0. The molecule has 0 saturated heterocycles. The number of nitrogens with zero attached hydrogens (tertiary/aromatic N) is 2. The van der Waals surface area contributed by atoms with E-state index in [4.69, 9.17) is 0 Å². The smallest absolute Gasteiger partial charge is 0.0555 e. The number of fused-ring (bicyclic) bond motifs is 9. The Morgan fingerprint density at radius 1 is 0.365 bits per heavy atom. The van der Waals surface area contributed by atoms with Crippen LogP contribution < -0.4 is 4.90 Å². The zero-order chi connectivity index (χ0) is 34.2. The summed E-state index contributed by atoms with van der Waals surface area (Å²) in [6.45, 7) is 0. The van der Waals surface area contributed by atoms with Gasteiger partial charge in [-0.3, -0.25) is 0 Å². The van der Waals surface area contributed by atoms with E-state index in [1.807, 2.05) is 22.7 Å². The van der Waals surface area contributed by atoms with Crippen molar-refractivity contribution < 1.29 is 0 Å². The third-order valence-corrected chi connectivity index (χ3v) is 12.7. The van der Waals surface area contributed by atoms with Crippen LogP contribution in [0.5, 0.6) is 0 Å². The molecule has 0 aliphatic carbocycles. The van der Waals surface area contributed by atoms with Gasteiger partial charge < -0.3 is 9.47 Å². The number of rotatable bonds is 5. The lowest BCUT2D eigenvalue weighted by Crippen LogP contribution is -2.10. The van der Waals surface area contributed by atoms with Crippen LogP contribution in [-0.4, -0.2) is 4.57 Å². The van der Waals surface area contributed by atoms with Crippen molar-refractivity contribution in [3.8, 4) is 16.8 Å². The summed E-state index contributed by atoms with van der Waals surface area (Å²) in [5, 5.41) is 7.87. The number of hydrogen-bond acceptors (Lipinski definition) is 3. The van der Waals surface area contributed by atoms with Gasteiger partial charge in [-0.1, -0.05) is 103 Å². The van der Waals surface area contributed by atoms with Gasteiger partial charge in [0.25, 0.3) is 0 Å². The van der Waals surface area contributed by atoms with E-state index in [2.05, 4.69) is 191 Å². The van der Waals surface area contributed by atoms with Crippen molar-refractivity contribution in [1.29, 1.82) is 0 Å². The molecule has 8 aromatic carbocycles. The first-order valence-corrected chi connectivity index (χ1v) is 19.2. The van der Waals surface area contributed by atoms with Gasteiger partial charge in [0.1, 0.15) is 0 Å². The summed E-state index contributed by atoms with van der Waals surface area (Å²) in [6.07, 6.45) is 0. The minimum atomic E-state index is 1.11. The highest BCUT2D eigenvalue weighted by atomic mass is 32.1. The van der Waals surface area contributed by atoms with Gasteiger partial charge in [0.2, 0.25) is 0 Å². The first-order chi connectivity index (χ1) is 25.8. The molecule has 0 spiro atoms. The molecule has 244 valence electrons. The van der Waals surface area contributed by atoms with Gasteiger partial charge in [0.05, 0.1) is 11.0 Å². The van der Waals surface area contributed by atoms with Crippen molar-refractivity contribution in [3.05, 3.63) is 182 Å². The van der Waals surface area contributed by atoms with E-state index in [0.717, 1.165) is 22.7 Å². The van der Waals surface area contributed by atoms with Crippen LogP contribution in [0.1, 0.15) is 0 Å². The Balaban J connectivity index is 1.02. The number of hydrogen-bond donors (Lipinski definition) is 0. The van der Waals surface area contributed by atoms with Crippen LogP contribution >= 0.6 is 22.7 Å². The molecule has 0 amide bonds. The molecule has 4 heteroatoms. The van der Waals surface area contributed by atoms with E-state index < -0.39 is 0 Å². The molecule has 0 atom stereocenters. The molecule has 0 bridgehead atoms. The zero-order valence-electron chi connectivity index (χ0n) is 28.0. The summed E-state index contributed by atoms with van der Waals surface area (Å²) < 4.78 is 7.74. The van der Waals surface area contributed by atoms with Crippen LogP contribution in [0.2, 0.25) is 0 Å². The van der Waals surface area contributed by atoms with Crippen LogP contribution in [0.4, 0.5) is 17.1 Å². The fourth-order valence-electron chi connectivity index (χ4n) is 8.01. The maximum atomic E-state index is 2.43. The predicted octanol–water partition coefficient (Wildman–Crippen LogP) is 14.7. The Morgan fingerprint density at radius 2 is 0.962 bits per heavy atom. The van der Waals surface area contributed by atoms with Gasteiger partial charge in [0, 0.05) is 73.9 Å². The molecule has 2 nitrogen and oxygen atoms in total. The maximum Gasteiger partial charge on any atom is 0.0555 e. The van der Waals surface area contributed by atoms with Crippen molar-refractivity contribution in [3.63, 3.8) is 0 Å². The monoisotopic (exact) mass is 698 g/mol. The van der Waals surface area contributed by atoms with Crippen LogP contribution in [0.15, 0.2) is 182 Å². The van der Waals surface area contributed by atoms with Crippen LogP contribution in [0.3, 0.4) is 0 Å². The van der Waals surface area contributed by atoms with Gasteiger partial charge in [-0.15, -0.1) is 22.7 Å². The van der Waals surface area contributed by atoms with E-state index >= 15 is 0 Å². The van der Waals surface area contributed by atoms with Crippen molar-refractivity contribution >= 4 is 102 Å². The summed E-state index contributed by atoms with van der Waals surface area (Å²) in [7, 11) is 0. The van der Waals surface area contributed by atoms with E-state index in [-0.39, 0.29) is 0 Å². The SMILES string of the molecule is c1ccc(N(c2ccc(-c3cccc4c3sc3ccccc34)cc2)c2ccc(-n3c4ccccc4c4cc5c(cc43)sc3ccccc35)cc2)cc1. The second-order valence-corrected chi connectivity index (χ2v) is 15.5. The minimum Gasteiger partial charge on any atom is -0.311 e. The normalized spacial score (nSPS) is 11.8. The van der Waals surface area contributed by atoms with E-state index in [9.17, 15) is 0 Å². The van der Waals surface area contributed by atoms with Crippen LogP contribution in [0, 0.1) is 0 Å². The van der Waals surface area contributed by atoms with Crippen molar-refractivity contribution in [2.45, 2.75) is 0 Å². The van der Waals surface area contributed by atoms with Crippen molar-refractivity contribution in [2.75, 3.05) is 4.90 Å². The molecule has 0 aliphatic rings. The quantitative estimate of drug-likeness (QED) is 0.174. The highest BCUT2D eigenvalue weighted by Crippen LogP contribution is 2.43. The third-order valence-electron chi connectivity index (χ3n) is 10.4. The van der Waals surface area contributed by atoms with Gasteiger partial charge in [-0.05, 0) is 90.0 Å². The van der Waals surface area contributed by atoms with Crippen LogP contribution in [0.25, 0.3) is 79.0 Å². The summed E-state index contributed by atoms with van der Waals surface area (Å²) in [6, 6.07) is 66.5. The standard InChI is InChI=1S/C48H30N2S2/c1-2-11-32(12-3-1)49(33-23-21-31(22-24-33)36-16-10-17-40-38-14-5-9-20-46(38)52-48(36)40)34-25-27-35(28-26-34)50-43-18-7-4-13-37(43)41-29-42-39-15-6-8-19-45(39)51-47(42)30-44(41)50/h1-30H. The highest BCUT2D eigenvalue weighted by Gasteiger charge is 2.18. The molecule has 3 heterocycles. The van der Waals surface area contributed by atoms with Gasteiger partial charge in [0.15, 0.2) is 0 Å². The number of thiophene rings is 2. The molecule has 52 heavy (non-hydrogen) atoms. The second-order valence-electron chi connectivity index (χ2n) is 13.3. The molecule has 0 saturated carbocycles. The molecule has 11 rings (SSSR count). The summed E-state index contributed by atoms with van der Waals surface area (Å²) in [4.78, 5) is 2.35. The second kappa shape index (κ2) is 11.7. The molecular weight excluding hydrogens is 669 g/mol. The highest BCUT2D eigenvalue weighted by molar-refractivity contribution is 7.26. The lowest BCUT2D eigenvalue weighted by Gasteiger charge is -2.26. The molecule has 0 unspecified atom stereocenters. The Labute approximate surface area is 308 Å².